The molecule has 1 aromatic heterocycles. The molecule has 1 aliphatic heterocycles. The molecule has 1 unspecified atom stereocenters. The van der Waals surface area contributed by atoms with Crippen molar-refractivity contribution in [1.29, 1.82) is 5.26 Å². The highest BCUT2D eigenvalue weighted by Crippen LogP contribution is 2.19. The van der Waals surface area contributed by atoms with Crippen LogP contribution in [-0.4, -0.2) is 12.6 Å². The van der Waals surface area contributed by atoms with E-state index in [1.165, 1.54) is 0 Å². The van der Waals surface area contributed by atoms with Crippen LogP contribution in [0.25, 0.3) is 0 Å². The molecule has 61 valence electrons. The van der Waals surface area contributed by atoms with Crippen LogP contribution in [0.3, 0.4) is 0 Å². The number of nitrogens with zero attached hydrogens (tertiary/aromatic N) is 1. The molecular formula is C8H7N2O2. The van der Waals surface area contributed by atoms with Crippen molar-refractivity contribution < 1.29 is 9.15 Å². The number of ether oxygens (including phenoxy) is 1. The highest BCUT2D eigenvalue weighted by Gasteiger charge is 2.28. The third kappa shape index (κ3) is 1.20. The van der Waals surface area contributed by atoms with Crippen molar-refractivity contribution in [3.63, 3.8) is 0 Å². The molecule has 0 amide bonds. The summed E-state index contributed by atoms with van der Waals surface area (Å²) in [7, 11) is 0. The number of hydrogen-bond donors (Lipinski definition) is 1. The molecule has 2 rings (SSSR count). The fraction of sp³-hybridized carbons (Fsp3) is 0.250. The van der Waals surface area contributed by atoms with E-state index >= 15 is 0 Å². The summed E-state index contributed by atoms with van der Waals surface area (Å²) in [5.74, 6) is 0.632. The fourth-order valence-corrected chi connectivity index (χ4v) is 1.03. The van der Waals surface area contributed by atoms with Gasteiger partial charge < -0.3 is 9.15 Å². The molecule has 4 nitrogen and oxygen atoms in total. The first-order valence-corrected chi connectivity index (χ1v) is 3.60. The van der Waals surface area contributed by atoms with E-state index in [9.17, 15) is 0 Å². The quantitative estimate of drug-likeness (QED) is 0.659. The van der Waals surface area contributed by atoms with Gasteiger partial charge in [-0.15, -0.1) is 0 Å². The summed E-state index contributed by atoms with van der Waals surface area (Å²) in [6.45, 7) is 0.381. The van der Waals surface area contributed by atoms with Gasteiger partial charge in [0, 0.05) is 0 Å². The zero-order valence-corrected chi connectivity index (χ0v) is 6.28. The lowest BCUT2D eigenvalue weighted by molar-refractivity contribution is 0.194. The minimum Gasteiger partial charge on any atom is -0.465 e. The molecule has 4 heteroatoms. The van der Waals surface area contributed by atoms with E-state index in [-0.39, 0.29) is 6.04 Å². The Morgan fingerprint density at radius 1 is 1.67 bits per heavy atom. The van der Waals surface area contributed by atoms with Crippen molar-refractivity contribution in [2.75, 3.05) is 6.61 Å². The van der Waals surface area contributed by atoms with Crippen LogP contribution in [0.15, 0.2) is 22.8 Å². The summed E-state index contributed by atoms with van der Waals surface area (Å²) in [4.78, 5) is 0. The molecule has 0 aliphatic carbocycles. The van der Waals surface area contributed by atoms with Gasteiger partial charge in [-0.1, -0.05) is 0 Å². The molecule has 0 saturated carbocycles. The smallest absolute Gasteiger partial charge is 0.230 e. The minimum atomic E-state index is -0.259. The van der Waals surface area contributed by atoms with Crippen LogP contribution >= 0.6 is 0 Å². The van der Waals surface area contributed by atoms with Crippen molar-refractivity contribution in [2.24, 2.45) is 0 Å². The Morgan fingerprint density at radius 2 is 2.58 bits per heavy atom. The second kappa shape index (κ2) is 2.97. The lowest BCUT2D eigenvalue weighted by atomic mass is 10.3. The summed E-state index contributed by atoms with van der Waals surface area (Å²) < 4.78 is 10.3. The number of nitrogens with one attached hydrogen (secondary N) is 1. The monoisotopic (exact) mass is 163 g/mol. The van der Waals surface area contributed by atoms with E-state index in [1.54, 1.807) is 18.4 Å². The number of hydrogen-bond acceptors (Lipinski definition) is 4. The maximum atomic E-state index is 8.54. The van der Waals surface area contributed by atoms with Crippen molar-refractivity contribution in [1.82, 2.24) is 5.32 Å². The molecule has 1 aliphatic rings. The Morgan fingerprint density at radius 3 is 3.17 bits per heavy atom. The number of nitriles is 1. The van der Waals surface area contributed by atoms with E-state index in [0.717, 1.165) is 0 Å². The van der Waals surface area contributed by atoms with Crippen molar-refractivity contribution in [3.05, 3.63) is 30.4 Å². The molecule has 0 aromatic carbocycles. The summed E-state index contributed by atoms with van der Waals surface area (Å²) in [5, 5.41) is 11.4. The maximum absolute atomic E-state index is 8.54. The van der Waals surface area contributed by atoms with Crippen molar-refractivity contribution in [3.8, 4) is 6.07 Å². The standard InChI is InChI=1S/C8H7N2O2/c9-4-6-5-12-8(10-6)7-2-1-3-11-7/h1-3,6,10H,5H2. The molecule has 1 saturated heterocycles. The fourth-order valence-electron chi connectivity index (χ4n) is 1.03. The summed E-state index contributed by atoms with van der Waals surface area (Å²) >= 11 is 0. The molecule has 12 heavy (non-hydrogen) atoms. The first kappa shape index (κ1) is 7.35. The molecule has 1 aromatic rings. The lowest BCUT2D eigenvalue weighted by Gasteiger charge is -2.02. The molecule has 1 atom stereocenters. The highest BCUT2D eigenvalue weighted by molar-refractivity contribution is 5.18. The van der Waals surface area contributed by atoms with E-state index in [0.29, 0.717) is 18.6 Å². The summed E-state index contributed by atoms with van der Waals surface area (Å²) in [5.41, 5.74) is 0. The minimum absolute atomic E-state index is 0.259. The largest absolute Gasteiger partial charge is 0.465 e. The van der Waals surface area contributed by atoms with Gasteiger partial charge in [0.25, 0.3) is 0 Å². The second-order valence-corrected chi connectivity index (χ2v) is 2.44. The van der Waals surface area contributed by atoms with E-state index in [1.807, 2.05) is 0 Å². The van der Waals surface area contributed by atoms with Crippen molar-refractivity contribution in [2.45, 2.75) is 6.04 Å². The Balaban J connectivity index is 2.06. The van der Waals surface area contributed by atoms with Crippen LogP contribution < -0.4 is 5.32 Å². The van der Waals surface area contributed by atoms with E-state index < -0.39 is 0 Å². The van der Waals surface area contributed by atoms with E-state index in [2.05, 4.69) is 11.4 Å². The second-order valence-electron chi connectivity index (χ2n) is 2.44. The Kier molecular flexibility index (Phi) is 1.82. The topological polar surface area (TPSA) is 58.2 Å². The lowest BCUT2D eigenvalue weighted by Crippen LogP contribution is -2.24. The molecular weight excluding hydrogens is 156 g/mol. The predicted molar refractivity (Wildman–Crippen MR) is 39.5 cm³/mol. The van der Waals surface area contributed by atoms with Gasteiger partial charge in [-0.2, -0.15) is 5.26 Å². The molecule has 1 radical (unpaired) electrons. The molecule has 0 bridgehead atoms. The van der Waals surface area contributed by atoms with Crippen LogP contribution in [-0.2, 0) is 4.74 Å². The molecule has 0 spiro atoms. The average Bonchev–Trinajstić information content (AvgIpc) is 2.75. The normalized spacial score (nSPS) is 24.1. The number of furan rings is 1. The SMILES string of the molecule is N#CC1CO[C](c2ccco2)N1. The van der Waals surface area contributed by atoms with Crippen LogP contribution in [0.4, 0.5) is 0 Å². The van der Waals surface area contributed by atoms with Gasteiger partial charge in [0.05, 0.1) is 18.9 Å². The average molecular weight is 163 g/mol. The van der Waals surface area contributed by atoms with Gasteiger partial charge in [-0.25, -0.2) is 0 Å². The third-order valence-electron chi connectivity index (χ3n) is 1.60. The van der Waals surface area contributed by atoms with Crippen molar-refractivity contribution >= 4 is 0 Å². The van der Waals surface area contributed by atoms with Crippen LogP contribution in [0, 0.1) is 17.6 Å². The van der Waals surface area contributed by atoms with Crippen LogP contribution in [0.2, 0.25) is 0 Å². The Hall–Kier alpha value is -1.31. The van der Waals surface area contributed by atoms with Crippen LogP contribution in [0.5, 0.6) is 0 Å². The van der Waals surface area contributed by atoms with Gasteiger partial charge in [-0.3, -0.25) is 5.32 Å². The molecule has 1 N–H and O–H groups in total. The first-order chi connectivity index (χ1) is 5.90. The zero-order chi connectivity index (χ0) is 8.39. The van der Waals surface area contributed by atoms with E-state index in [4.69, 9.17) is 14.4 Å². The number of rotatable bonds is 1. The third-order valence-corrected chi connectivity index (χ3v) is 1.60. The Bertz CT molecular complexity index is 289. The van der Waals surface area contributed by atoms with Gasteiger partial charge in [0.2, 0.25) is 6.23 Å². The predicted octanol–water partition coefficient (Wildman–Crippen LogP) is 0.629. The van der Waals surface area contributed by atoms with Gasteiger partial charge in [-0.05, 0) is 12.1 Å². The highest BCUT2D eigenvalue weighted by atomic mass is 16.5. The summed E-state index contributed by atoms with van der Waals surface area (Å²) in [6, 6.07) is 5.35. The van der Waals surface area contributed by atoms with Gasteiger partial charge in [0.15, 0.2) is 5.76 Å². The molecule has 2 heterocycles. The zero-order valence-electron chi connectivity index (χ0n) is 6.28. The van der Waals surface area contributed by atoms with Gasteiger partial charge >= 0.3 is 0 Å². The molecule has 1 fully saturated rings. The Labute approximate surface area is 69.7 Å². The summed E-state index contributed by atoms with van der Waals surface area (Å²) in [6.07, 6.45) is 2.11. The first-order valence-electron chi connectivity index (χ1n) is 3.60. The maximum Gasteiger partial charge on any atom is 0.230 e. The van der Waals surface area contributed by atoms with Crippen LogP contribution in [0.1, 0.15) is 5.76 Å². The van der Waals surface area contributed by atoms with Gasteiger partial charge in [0.1, 0.15) is 6.04 Å².